The molecule has 0 amide bonds. The number of hydrogen-bond donors (Lipinski definition) is 1. The van der Waals surface area contributed by atoms with Crippen LogP contribution in [0.2, 0.25) is 0 Å². The third-order valence-electron chi connectivity index (χ3n) is 4.69. The van der Waals surface area contributed by atoms with Crippen LogP contribution in [0, 0.1) is 0 Å². The second kappa shape index (κ2) is 8.36. The zero-order valence-electron chi connectivity index (χ0n) is 16.9. The van der Waals surface area contributed by atoms with Gasteiger partial charge in [0.15, 0.2) is 11.4 Å². The lowest BCUT2D eigenvalue weighted by Crippen LogP contribution is -2.23. The van der Waals surface area contributed by atoms with E-state index in [0.717, 1.165) is 5.56 Å². The van der Waals surface area contributed by atoms with Crippen LogP contribution in [0.15, 0.2) is 61.1 Å². The van der Waals surface area contributed by atoms with Crippen molar-refractivity contribution in [2.75, 3.05) is 7.11 Å². The number of hydrogen-bond acceptors (Lipinski definition) is 8. The summed E-state index contributed by atoms with van der Waals surface area (Å²) in [6, 6.07) is 11.3. The van der Waals surface area contributed by atoms with Crippen LogP contribution in [-0.2, 0) is 29.5 Å². The van der Waals surface area contributed by atoms with Crippen molar-refractivity contribution in [2.24, 2.45) is 0 Å². The molecule has 10 nitrogen and oxygen atoms in total. The summed E-state index contributed by atoms with van der Waals surface area (Å²) in [5.41, 5.74) is 1.35. The molecule has 1 N–H and O–H groups in total. The molecule has 0 aliphatic heterocycles. The maximum Gasteiger partial charge on any atom is 0.420 e. The van der Waals surface area contributed by atoms with Gasteiger partial charge in [0.05, 0.1) is 24.1 Å². The van der Waals surface area contributed by atoms with Crippen molar-refractivity contribution in [3.05, 3.63) is 70.3 Å². The number of nitrogens with zero attached hydrogens (tertiary/aromatic N) is 3. The van der Waals surface area contributed by atoms with Crippen LogP contribution in [0.4, 0.5) is 0 Å². The molecule has 0 unspecified atom stereocenters. The first-order chi connectivity index (χ1) is 14.9. The Morgan fingerprint density at radius 3 is 2.61 bits per heavy atom. The second-order valence-electron chi connectivity index (χ2n) is 6.71. The van der Waals surface area contributed by atoms with Gasteiger partial charge in [-0.15, -0.1) is 0 Å². The van der Waals surface area contributed by atoms with Crippen molar-refractivity contribution in [3.63, 3.8) is 0 Å². The first-order valence-electron chi connectivity index (χ1n) is 9.47. The third kappa shape index (κ3) is 4.37. The van der Waals surface area contributed by atoms with Crippen LogP contribution in [0.1, 0.15) is 24.2 Å². The number of rotatable bonds is 8. The van der Waals surface area contributed by atoms with Gasteiger partial charge in [-0.2, -0.15) is 4.98 Å². The van der Waals surface area contributed by atoms with Crippen molar-refractivity contribution in [1.29, 1.82) is 0 Å². The fourth-order valence-corrected chi connectivity index (χ4v) is 4.04. The van der Waals surface area contributed by atoms with Gasteiger partial charge in [-0.05, 0) is 29.8 Å². The molecule has 0 saturated carbocycles. The average Bonchev–Trinajstić information content (AvgIpc) is 3.36. The van der Waals surface area contributed by atoms with Crippen LogP contribution in [0.5, 0.6) is 5.75 Å². The minimum Gasteiger partial charge on any atom is -0.497 e. The van der Waals surface area contributed by atoms with Crippen molar-refractivity contribution in [1.82, 2.24) is 19.4 Å². The fourth-order valence-electron chi connectivity index (χ4n) is 3.01. The first kappa shape index (κ1) is 20.8. The molecule has 0 spiro atoms. The first-order valence-corrected chi connectivity index (χ1v) is 11.0. The lowest BCUT2D eigenvalue weighted by atomic mass is 10.2. The molecule has 2 aromatic carbocycles. The Morgan fingerprint density at radius 2 is 1.94 bits per heavy atom. The molecule has 0 saturated heterocycles. The van der Waals surface area contributed by atoms with E-state index in [-0.39, 0.29) is 23.6 Å². The van der Waals surface area contributed by atoms with Gasteiger partial charge in [-0.3, -0.25) is 4.57 Å². The van der Waals surface area contributed by atoms with E-state index in [2.05, 4.69) is 14.9 Å². The number of aryl methyl sites for hydroxylation is 1. The zero-order valence-corrected chi connectivity index (χ0v) is 17.7. The Bertz CT molecular complexity index is 1370. The molecule has 4 aromatic rings. The predicted octanol–water partition coefficient (Wildman–Crippen LogP) is 2.08. The van der Waals surface area contributed by atoms with Crippen molar-refractivity contribution in [2.45, 2.75) is 31.3 Å². The normalized spacial score (nSPS) is 11.8. The van der Waals surface area contributed by atoms with E-state index in [1.54, 1.807) is 31.4 Å². The van der Waals surface area contributed by atoms with Crippen molar-refractivity contribution in [3.8, 4) is 5.75 Å². The van der Waals surface area contributed by atoms with E-state index >= 15 is 0 Å². The molecule has 0 atom stereocenters. The summed E-state index contributed by atoms with van der Waals surface area (Å²) in [6.45, 7) is 2.03. The summed E-state index contributed by atoms with van der Waals surface area (Å²) in [5.74, 6) is 0.841. The Morgan fingerprint density at radius 1 is 1.16 bits per heavy atom. The molecule has 2 heterocycles. The van der Waals surface area contributed by atoms with Crippen LogP contribution in [-0.4, -0.2) is 30.2 Å². The summed E-state index contributed by atoms with van der Waals surface area (Å²) in [6.07, 6.45) is 0.582. The Hall–Kier alpha value is -3.44. The molecule has 162 valence electrons. The minimum absolute atomic E-state index is 0.0118. The van der Waals surface area contributed by atoms with Gasteiger partial charge >= 0.3 is 5.76 Å². The summed E-state index contributed by atoms with van der Waals surface area (Å²) >= 11 is 0. The summed E-state index contributed by atoms with van der Waals surface area (Å²) in [7, 11) is -2.26. The lowest BCUT2D eigenvalue weighted by Gasteiger charge is -2.08. The van der Waals surface area contributed by atoms with Gasteiger partial charge in [0.2, 0.25) is 15.9 Å². The molecular weight excluding hydrogens is 424 g/mol. The van der Waals surface area contributed by atoms with E-state index in [9.17, 15) is 13.2 Å². The number of fused-ring (bicyclic) bond motifs is 1. The van der Waals surface area contributed by atoms with Crippen LogP contribution in [0.3, 0.4) is 0 Å². The molecule has 31 heavy (non-hydrogen) atoms. The highest BCUT2D eigenvalue weighted by Gasteiger charge is 2.18. The lowest BCUT2D eigenvalue weighted by molar-refractivity contribution is 0.375. The molecule has 0 bridgehead atoms. The monoisotopic (exact) mass is 444 g/mol. The van der Waals surface area contributed by atoms with Crippen molar-refractivity contribution < 1.29 is 22.1 Å². The van der Waals surface area contributed by atoms with Gasteiger partial charge < -0.3 is 13.7 Å². The zero-order chi connectivity index (χ0) is 22.0. The number of methoxy groups -OCH3 is 1. The van der Waals surface area contributed by atoms with E-state index in [0.29, 0.717) is 29.4 Å². The Kier molecular flexibility index (Phi) is 5.61. The SMILES string of the molecule is CCc1nc(Cn2c(=O)oc3cc(S(=O)(=O)NCc4ccc(OC)cc4)ccc32)no1. The molecule has 11 heteroatoms. The van der Waals surface area contributed by atoms with E-state index in [1.807, 2.05) is 6.92 Å². The Labute approximate surface area is 177 Å². The van der Waals surface area contributed by atoms with Crippen LogP contribution >= 0.6 is 0 Å². The van der Waals surface area contributed by atoms with Crippen LogP contribution < -0.4 is 15.2 Å². The smallest absolute Gasteiger partial charge is 0.420 e. The van der Waals surface area contributed by atoms with E-state index in [1.165, 1.54) is 22.8 Å². The highest BCUT2D eigenvalue weighted by atomic mass is 32.2. The number of benzene rings is 2. The van der Waals surface area contributed by atoms with Gasteiger partial charge in [0, 0.05) is 19.0 Å². The van der Waals surface area contributed by atoms with E-state index in [4.69, 9.17) is 13.7 Å². The highest BCUT2D eigenvalue weighted by Crippen LogP contribution is 2.20. The summed E-state index contributed by atoms with van der Waals surface area (Å²) < 4.78 is 44.6. The standard InChI is InChI=1S/C20H20N4O6S/c1-3-19-22-18(23-30-19)12-24-16-9-8-15(10-17(16)29-20(24)25)31(26,27)21-11-13-4-6-14(28-2)7-5-13/h4-10,21H,3,11-12H2,1-2H3. The highest BCUT2D eigenvalue weighted by molar-refractivity contribution is 7.89. The quantitative estimate of drug-likeness (QED) is 0.437. The second-order valence-corrected chi connectivity index (χ2v) is 8.48. The van der Waals surface area contributed by atoms with Gasteiger partial charge in [-0.1, -0.05) is 24.2 Å². The minimum atomic E-state index is -3.82. The van der Waals surface area contributed by atoms with Crippen LogP contribution in [0.25, 0.3) is 11.1 Å². The molecular formula is C20H20N4O6S. The summed E-state index contributed by atoms with van der Waals surface area (Å²) in [4.78, 5) is 16.4. The number of aromatic nitrogens is 3. The molecule has 0 aliphatic carbocycles. The number of ether oxygens (including phenoxy) is 1. The molecule has 2 aromatic heterocycles. The maximum absolute atomic E-state index is 12.7. The number of sulfonamides is 1. The summed E-state index contributed by atoms with van der Waals surface area (Å²) in [5, 5.41) is 3.83. The molecule has 0 aliphatic rings. The molecule has 4 rings (SSSR count). The van der Waals surface area contributed by atoms with Gasteiger partial charge in [0.25, 0.3) is 0 Å². The van der Waals surface area contributed by atoms with Crippen molar-refractivity contribution >= 4 is 21.1 Å². The van der Waals surface area contributed by atoms with E-state index < -0.39 is 15.8 Å². The fraction of sp³-hybridized carbons (Fsp3) is 0.250. The maximum atomic E-state index is 12.7. The van der Waals surface area contributed by atoms with Gasteiger partial charge in [-0.25, -0.2) is 17.9 Å². The largest absolute Gasteiger partial charge is 0.497 e. The topological polar surface area (TPSA) is 129 Å². The number of oxazole rings is 1. The third-order valence-corrected chi connectivity index (χ3v) is 6.09. The Balaban J connectivity index is 1.56. The molecule has 0 fully saturated rings. The average molecular weight is 444 g/mol. The van der Waals surface area contributed by atoms with Gasteiger partial charge in [0.1, 0.15) is 5.75 Å². The predicted molar refractivity (Wildman–Crippen MR) is 110 cm³/mol. The number of nitrogens with one attached hydrogen (secondary N) is 1. The molecule has 0 radical (unpaired) electrons.